The Morgan fingerprint density at radius 1 is 1.24 bits per heavy atom. The molecule has 0 bridgehead atoms. The van der Waals surface area contributed by atoms with Crippen LogP contribution in [0.1, 0.15) is 45.5 Å². The molecule has 1 amide bonds. The average Bonchev–Trinajstić information content (AvgIpc) is 3.37. The van der Waals surface area contributed by atoms with Crippen molar-refractivity contribution in [3.63, 3.8) is 0 Å². The van der Waals surface area contributed by atoms with E-state index in [1.165, 1.54) is 6.42 Å². The van der Waals surface area contributed by atoms with Crippen molar-refractivity contribution in [3.05, 3.63) is 24.2 Å². The highest BCUT2D eigenvalue weighted by Crippen LogP contribution is 2.32. The molecule has 2 aromatic rings. The topological polar surface area (TPSA) is 78.6 Å². The van der Waals surface area contributed by atoms with E-state index < -0.39 is 0 Å². The van der Waals surface area contributed by atoms with Gasteiger partial charge in [-0.3, -0.25) is 9.69 Å². The van der Waals surface area contributed by atoms with Crippen LogP contribution < -0.4 is 4.90 Å². The van der Waals surface area contributed by atoms with Crippen molar-refractivity contribution in [2.45, 2.75) is 39.7 Å². The van der Waals surface area contributed by atoms with Crippen molar-refractivity contribution in [1.82, 2.24) is 24.9 Å². The lowest BCUT2D eigenvalue weighted by Gasteiger charge is -2.34. The number of nitrogens with zero attached hydrogens (tertiary/aromatic N) is 6. The van der Waals surface area contributed by atoms with Crippen LogP contribution in [-0.2, 0) is 4.79 Å². The number of hydrogen-bond acceptors (Lipinski definition) is 7. The molecule has 4 heterocycles. The summed E-state index contributed by atoms with van der Waals surface area (Å²) in [6, 6.07) is 4.16. The summed E-state index contributed by atoms with van der Waals surface area (Å²) in [6.07, 6.45) is 4.02. The Kier molecular flexibility index (Phi) is 5.80. The van der Waals surface area contributed by atoms with E-state index in [0.29, 0.717) is 17.6 Å². The molecule has 156 valence electrons. The second-order valence-corrected chi connectivity index (χ2v) is 8.40. The van der Waals surface area contributed by atoms with E-state index in [4.69, 9.17) is 9.51 Å². The Morgan fingerprint density at radius 2 is 2.03 bits per heavy atom. The van der Waals surface area contributed by atoms with Crippen LogP contribution in [0.3, 0.4) is 0 Å². The van der Waals surface area contributed by atoms with E-state index in [9.17, 15) is 4.79 Å². The van der Waals surface area contributed by atoms with Gasteiger partial charge in [-0.2, -0.15) is 4.98 Å². The summed E-state index contributed by atoms with van der Waals surface area (Å²) in [4.78, 5) is 27.3. The number of hydrogen-bond donors (Lipinski definition) is 0. The Hall–Kier alpha value is -2.48. The average molecular weight is 399 g/mol. The van der Waals surface area contributed by atoms with Gasteiger partial charge in [-0.25, -0.2) is 4.98 Å². The van der Waals surface area contributed by atoms with Crippen molar-refractivity contribution < 1.29 is 9.32 Å². The van der Waals surface area contributed by atoms with Crippen LogP contribution in [0, 0.1) is 5.92 Å². The molecule has 1 unspecified atom stereocenters. The van der Waals surface area contributed by atoms with Crippen LogP contribution in [0.2, 0.25) is 0 Å². The quantitative estimate of drug-likeness (QED) is 0.766. The standard InChI is InChI=1S/C21H30N6O2/c1-15(2)14-27-8-4-5-18(27)21-23-20(24-29-21)17-6-7-22-19(13-17)26-11-9-25(10-12-26)16(3)28/h6-7,13,15,18H,4-5,8-12,14H2,1-3H3. The molecule has 2 aliphatic rings. The van der Waals surface area contributed by atoms with Crippen LogP contribution in [0.4, 0.5) is 5.82 Å². The molecule has 2 saturated heterocycles. The highest BCUT2D eigenvalue weighted by atomic mass is 16.5. The van der Waals surface area contributed by atoms with Crippen LogP contribution in [0.5, 0.6) is 0 Å². The van der Waals surface area contributed by atoms with Gasteiger partial charge in [-0.1, -0.05) is 19.0 Å². The van der Waals surface area contributed by atoms with Gasteiger partial charge in [0, 0.05) is 51.4 Å². The van der Waals surface area contributed by atoms with Crippen molar-refractivity contribution in [3.8, 4) is 11.4 Å². The molecule has 8 nitrogen and oxygen atoms in total. The van der Waals surface area contributed by atoms with Gasteiger partial charge in [-0.05, 0) is 37.4 Å². The van der Waals surface area contributed by atoms with Gasteiger partial charge in [0.15, 0.2) is 0 Å². The van der Waals surface area contributed by atoms with Crippen LogP contribution in [0.15, 0.2) is 22.9 Å². The molecule has 0 radical (unpaired) electrons. The Morgan fingerprint density at radius 3 is 2.76 bits per heavy atom. The van der Waals surface area contributed by atoms with Gasteiger partial charge in [0.1, 0.15) is 5.82 Å². The molecular weight excluding hydrogens is 368 g/mol. The van der Waals surface area contributed by atoms with E-state index in [2.05, 4.69) is 33.8 Å². The number of carbonyl (C=O) groups excluding carboxylic acids is 1. The first-order chi connectivity index (χ1) is 14.0. The van der Waals surface area contributed by atoms with Crippen molar-refractivity contribution >= 4 is 11.7 Å². The molecule has 0 N–H and O–H groups in total. The van der Waals surface area contributed by atoms with Gasteiger partial charge < -0.3 is 14.3 Å². The first kappa shape index (κ1) is 19.8. The Bertz CT molecular complexity index is 843. The molecule has 0 saturated carbocycles. The van der Waals surface area contributed by atoms with Crippen LogP contribution in [0.25, 0.3) is 11.4 Å². The zero-order valence-electron chi connectivity index (χ0n) is 17.5. The number of anilines is 1. The minimum atomic E-state index is 0.129. The first-order valence-electron chi connectivity index (χ1n) is 10.6. The summed E-state index contributed by atoms with van der Waals surface area (Å²) >= 11 is 0. The molecule has 4 rings (SSSR count). The Labute approximate surface area is 171 Å². The Balaban J connectivity index is 1.47. The molecule has 2 fully saturated rings. The number of rotatable bonds is 5. The maximum atomic E-state index is 11.5. The smallest absolute Gasteiger partial charge is 0.244 e. The minimum Gasteiger partial charge on any atom is -0.353 e. The third-order valence-corrected chi connectivity index (χ3v) is 5.74. The predicted octanol–water partition coefficient (Wildman–Crippen LogP) is 2.59. The monoisotopic (exact) mass is 398 g/mol. The lowest BCUT2D eigenvalue weighted by molar-refractivity contribution is -0.129. The third kappa shape index (κ3) is 4.42. The number of carbonyl (C=O) groups is 1. The van der Waals surface area contributed by atoms with Gasteiger partial charge in [0.2, 0.25) is 17.6 Å². The number of piperazine rings is 1. The molecule has 2 aromatic heterocycles. The molecular formula is C21H30N6O2. The lowest BCUT2D eigenvalue weighted by atomic mass is 10.1. The predicted molar refractivity (Wildman–Crippen MR) is 110 cm³/mol. The molecule has 2 aliphatic heterocycles. The van der Waals surface area contributed by atoms with Crippen molar-refractivity contribution in [2.75, 3.05) is 44.2 Å². The highest BCUT2D eigenvalue weighted by Gasteiger charge is 2.31. The van der Waals surface area contributed by atoms with E-state index in [1.807, 2.05) is 17.0 Å². The number of likely N-dealkylation sites (tertiary alicyclic amines) is 1. The molecule has 0 spiro atoms. The maximum Gasteiger partial charge on any atom is 0.244 e. The molecule has 8 heteroatoms. The molecule has 0 aromatic carbocycles. The van der Waals surface area contributed by atoms with E-state index in [1.54, 1.807) is 13.1 Å². The van der Waals surface area contributed by atoms with E-state index in [0.717, 1.165) is 57.1 Å². The van der Waals surface area contributed by atoms with Gasteiger partial charge in [0.25, 0.3) is 0 Å². The molecule has 29 heavy (non-hydrogen) atoms. The van der Waals surface area contributed by atoms with Gasteiger partial charge >= 0.3 is 0 Å². The zero-order chi connectivity index (χ0) is 20.4. The number of aromatic nitrogens is 3. The summed E-state index contributed by atoms with van der Waals surface area (Å²) in [5, 5.41) is 4.25. The second-order valence-electron chi connectivity index (χ2n) is 8.40. The van der Waals surface area contributed by atoms with Crippen molar-refractivity contribution in [1.29, 1.82) is 0 Å². The van der Waals surface area contributed by atoms with Gasteiger partial charge in [-0.15, -0.1) is 0 Å². The number of amides is 1. The highest BCUT2D eigenvalue weighted by molar-refractivity contribution is 5.73. The second kappa shape index (κ2) is 8.49. The van der Waals surface area contributed by atoms with Gasteiger partial charge in [0.05, 0.1) is 6.04 Å². The summed E-state index contributed by atoms with van der Waals surface area (Å²) in [5.74, 6) is 2.96. The fraction of sp³-hybridized carbons (Fsp3) is 0.619. The molecule has 1 atom stereocenters. The fourth-order valence-corrected chi connectivity index (χ4v) is 4.26. The normalized spacial score (nSPS) is 20.6. The van der Waals surface area contributed by atoms with Crippen molar-refractivity contribution in [2.24, 2.45) is 5.92 Å². The minimum absolute atomic E-state index is 0.129. The zero-order valence-corrected chi connectivity index (χ0v) is 17.5. The summed E-state index contributed by atoms with van der Waals surface area (Å²) in [6.45, 7) is 11.2. The summed E-state index contributed by atoms with van der Waals surface area (Å²) in [5.41, 5.74) is 0.910. The fourth-order valence-electron chi connectivity index (χ4n) is 4.26. The van der Waals surface area contributed by atoms with E-state index in [-0.39, 0.29) is 11.9 Å². The third-order valence-electron chi connectivity index (χ3n) is 5.74. The van der Waals surface area contributed by atoms with Crippen LogP contribution in [-0.4, -0.2) is 70.1 Å². The first-order valence-corrected chi connectivity index (χ1v) is 10.6. The largest absolute Gasteiger partial charge is 0.353 e. The summed E-state index contributed by atoms with van der Waals surface area (Å²) < 4.78 is 5.66. The van der Waals surface area contributed by atoms with Crippen LogP contribution >= 0.6 is 0 Å². The molecule has 0 aliphatic carbocycles. The SMILES string of the molecule is CC(=O)N1CCN(c2cc(-c3noc(C4CCCN4CC(C)C)n3)ccn2)CC1. The lowest BCUT2D eigenvalue weighted by Crippen LogP contribution is -2.48. The number of pyridine rings is 1. The summed E-state index contributed by atoms with van der Waals surface area (Å²) in [7, 11) is 0. The van der Waals surface area contributed by atoms with E-state index >= 15 is 0 Å². The maximum absolute atomic E-state index is 11.5.